The normalized spacial score (nSPS) is 18.2. The van der Waals surface area contributed by atoms with Crippen molar-refractivity contribution < 1.29 is 17.9 Å². The number of ether oxygens (including phenoxy) is 1. The first-order valence-electron chi connectivity index (χ1n) is 12.7. The van der Waals surface area contributed by atoms with Gasteiger partial charge in [-0.1, -0.05) is 61.9 Å². The summed E-state index contributed by atoms with van der Waals surface area (Å²) in [4.78, 5) is 0. The zero-order valence-corrected chi connectivity index (χ0v) is 20.5. The number of hydrogen-bond acceptors (Lipinski definition) is 1. The molecule has 0 bridgehead atoms. The molecule has 3 aromatic carbocycles. The summed E-state index contributed by atoms with van der Waals surface area (Å²) in [7, 11) is 0. The van der Waals surface area contributed by atoms with E-state index < -0.39 is 11.6 Å². The van der Waals surface area contributed by atoms with Gasteiger partial charge in [0, 0.05) is 17.2 Å². The quantitative estimate of drug-likeness (QED) is 0.314. The molecule has 4 heteroatoms. The summed E-state index contributed by atoms with van der Waals surface area (Å²) in [5, 5.41) is 0. The molecule has 1 aliphatic carbocycles. The zero-order valence-electron chi connectivity index (χ0n) is 20.5. The summed E-state index contributed by atoms with van der Waals surface area (Å²) < 4.78 is 49.7. The van der Waals surface area contributed by atoms with Crippen molar-refractivity contribution in [3.8, 4) is 16.9 Å². The molecule has 0 atom stereocenters. The molecule has 0 aliphatic heterocycles. The Balaban J connectivity index is 1.40. The molecular formula is C31H33F3O. The van der Waals surface area contributed by atoms with E-state index in [-0.39, 0.29) is 11.7 Å². The largest absolute Gasteiger partial charge is 0.494 e. The zero-order chi connectivity index (χ0) is 24.8. The molecule has 0 unspecified atom stereocenters. The minimum absolute atomic E-state index is 0.00246. The summed E-state index contributed by atoms with van der Waals surface area (Å²) in [5.41, 5.74) is 3.20. The number of halogens is 3. The number of aryl methyl sites for hydroxylation is 1. The van der Waals surface area contributed by atoms with Crippen molar-refractivity contribution in [2.45, 2.75) is 58.3 Å². The second-order valence-electron chi connectivity index (χ2n) is 9.36. The van der Waals surface area contributed by atoms with Gasteiger partial charge in [-0.15, -0.1) is 0 Å². The summed E-state index contributed by atoms with van der Waals surface area (Å²) in [6.07, 6.45) is 9.16. The first-order valence-corrected chi connectivity index (χ1v) is 12.7. The van der Waals surface area contributed by atoms with E-state index >= 15 is 8.78 Å². The molecule has 0 saturated heterocycles. The Morgan fingerprint density at radius 1 is 0.857 bits per heavy atom. The maximum Gasteiger partial charge on any atom is 0.166 e. The van der Waals surface area contributed by atoms with Crippen LogP contribution in [0.3, 0.4) is 0 Å². The lowest BCUT2D eigenvalue weighted by atomic mass is 9.78. The van der Waals surface area contributed by atoms with Gasteiger partial charge in [0.05, 0.1) is 6.61 Å². The Morgan fingerprint density at radius 3 is 2.26 bits per heavy atom. The van der Waals surface area contributed by atoms with E-state index in [1.807, 2.05) is 43.3 Å². The average molecular weight is 479 g/mol. The third-order valence-corrected chi connectivity index (χ3v) is 6.96. The van der Waals surface area contributed by atoms with Crippen molar-refractivity contribution in [1.29, 1.82) is 0 Å². The maximum absolute atomic E-state index is 15.1. The van der Waals surface area contributed by atoms with Gasteiger partial charge in [0.25, 0.3) is 0 Å². The molecule has 35 heavy (non-hydrogen) atoms. The van der Waals surface area contributed by atoms with E-state index in [9.17, 15) is 4.39 Å². The lowest BCUT2D eigenvalue weighted by Crippen LogP contribution is -2.13. The number of allylic oxidation sites excluding steroid dienone is 1. The fourth-order valence-corrected chi connectivity index (χ4v) is 5.00. The third kappa shape index (κ3) is 5.98. The van der Waals surface area contributed by atoms with Gasteiger partial charge in [-0.25, -0.2) is 13.2 Å². The Hall–Kier alpha value is -3.01. The molecule has 0 N–H and O–H groups in total. The van der Waals surface area contributed by atoms with E-state index in [2.05, 4.69) is 6.92 Å². The highest BCUT2D eigenvalue weighted by Crippen LogP contribution is 2.39. The molecule has 1 saturated carbocycles. The fourth-order valence-electron chi connectivity index (χ4n) is 5.00. The van der Waals surface area contributed by atoms with E-state index in [1.165, 1.54) is 11.6 Å². The van der Waals surface area contributed by atoms with E-state index in [1.54, 1.807) is 24.3 Å². The number of rotatable bonds is 8. The molecule has 1 fully saturated rings. The van der Waals surface area contributed by atoms with Gasteiger partial charge >= 0.3 is 0 Å². The van der Waals surface area contributed by atoms with Crippen molar-refractivity contribution in [1.82, 2.24) is 0 Å². The highest BCUT2D eigenvalue weighted by atomic mass is 19.2. The Morgan fingerprint density at radius 2 is 1.60 bits per heavy atom. The smallest absolute Gasteiger partial charge is 0.166 e. The fraction of sp³-hybridized carbons (Fsp3) is 0.355. The van der Waals surface area contributed by atoms with Crippen molar-refractivity contribution in [3.63, 3.8) is 0 Å². The van der Waals surface area contributed by atoms with E-state index in [0.29, 0.717) is 40.5 Å². The van der Waals surface area contributed by atoms with Gasteiger partial charge in [-0.05, 0) is 79.7 Å². The highest BCUT2D eigenvalue weighted by Gasteiger charge is 2.25. The van der Waals surface area contributed by atoms with Crippen LogP contribution in [-0.2, 0) is 6.42 Å². The first-order chi connectivity index (χ1) is 17.0. The predicted molar refractivity (Wildman–Crippen MR) is 137 cm³/mol. The first kappa shape index (κ1) is 25.1. The van der Waals surface area contributed by atoms with Crippen LogP contribution in [0.5, 0.6) is 5.75 Å². The summed E-state index contributed by atoms with van der Waals surface area (Å²) in [6.45, 7) is 4.48. The highest BCUT2D eigenvalue weighted by molar-refractivity contribution is 5.65. The van der Waals surface area contributed by atoms with Gasteiger partial charge in [0.2, 0.25) is 0 Å². The predicted octanol–water partition coefficient (Wildman–Crippen LogP) is 9.11. The third-order valence-electron chi connectivity index (χ3n) is 6.96. The topological polar surface area (TPSA) is 9.23 Å². The van der Waals surface area contributed by atoms with Gasteiger partial charge < -0.3 is 4.74 Å². The molecule has 184 valence electrons. The average Bonchev–Trinajstić information content (AvgIpc) is 2.87. The van der Waals surface area contributed by atoms with Gasteiger partial charge in [0.1, 0.15) is 11.6 Å². The Bertz CT molecular complexity index is 1160. The lowest BCUT2D eigenvalue weighted by molar-refractivity contribution is 0.338. The molecule has 0 amide bonds. The van der Waals surface area contributed by atoms with Crippen molar-refractivity contribution >= 4 is 6.08 Å². The molecule has 1 nitrogen and oxygen atoms in total. The second-order valence-corrected chi connectivity index (χ2v) is 9.36. The Kier molecular flexibility index (Phi) is 8.33. The second kappa shape index (κ2) is 11.6. The summed E-state index contributed by atoms with van der Waals surface area (Å²) >= 11 is 0. The number of benzene rings is 3. The van der Waals surface area contributed by atoms with Gasteiger partial charge in [0.15, 0.2) is 11.6 Å². The number of hydrogen-bond donors (Lipinski definition) is 0. The molecule has 3 aromatic rings. The van der Waals surface area contributed by atoms with E-state index in [4.69, 9.17) is 4.74 Å². The van der Waals surface area contributed by atoms with Gasteiger partial charge in [-0.2, -0.15) is 0 Å². The van der Waals surface area contributed by atoms with Crippen LogP contribution in [0.25, 0.3) is 17.2 Å². The van der Waals surface area contributed by atoms with Crippen LogP contribution in [-0.4, -0.2) is 6.61 Å². The molecule has 0 radical (unpaired) electrons. The van der Waals surface area contributed by atoms with E-state index in [0.717, 1.165) is 38.5 Å². The SMILES string of the molecule is CCCc1ccc(-c2ccc(C3CCC(C=Cc4ccc(OCC)cc4F)CC3)c(F)c2F)cc1. The maximum atomic E-state index is 15.1. The minimum Gasteiger partial charge on any atom is -0.494 e. The summed E-state index contributed by atoms with van der Waals surface area (Å²) in [5.74, 6) is -0.979. The lowest BCUT2D eigenvalue weighted by Gasteiger charge is -2.27. The van der Waals surface area contributed by atoms with Crippen LogP contribution in [0.1, 0.15) is 68.6 Å². The van der Waals surface area contributed by atoms with Crippen molar-refractivity contribution in [2.75, 3.05) is 6.61 Å². The summed E-state index contributed by atoms with van der Waals surface area (Å²) in [6, 6.07) is 16.1. The monoisotopic (exact) mass is 478 g/mol. The molecular weight excluding hydrogens is 445 g/mol. The van der Waals surface area contributed by atoms with Crippen LogP contribution >= 0.6 is 0 Å². The van der Waals surface area contributed by atoms with Gasteiger partial charge in [-0.3, -0.25) is 0 Å². The molecule has 0 spiro atoms. The van der Waals surface area contributed by atoms with Crippen LogP contribution in [0.2, 0.25) is 0 Å². The molecule has 1 aliphatic rings. The van der Waals surface area contributed by atoms with Crippen LogP contribution in [0.4, 0.5) is 13.2 Å². The van der Waals surface area contributed by atoms with Crippen LogP contribution in [0.15, 0.2) is 60.7 Å². The van der Waals surface area contributed by atoms with Crippen molar-refractivity contribution in [2.24, 2.45) is 5.92 Å². The standard InChI is InChI=1S/C31H33F3O/c1-3-5-21-6-11-23(12-7-21)27-18-19-28(31(34)30(27)33)24-13-8-22(9-14-24)10-15-25-16-17-26(35-4-2)20-29(25)32/h6-7,10-12,15-20,22,24H,3-5,8-9,13-14H2,1-2H3. The van der Waals surface area contributed by atoms with Crippen molar-refractivity contribution in [3.05, 3.63) is 94.8 Å². The Labute approximate surface area is 206 Å². The molecule has 0 aromatic heterocycles. The van der Waals surface area contributed by atoms with Crippen LogP contribution < -0.4 is 4.74 Å². The molecule has 0 heterocycles. The molecule has 4 rings (SSSR count). The van der Waals surface area contributed by atoms with Crippen LogP contribution in [0, 0.1) is 23.4 Å². The minimum atomic E-state index is -0.765.